The monoisotopic (exact) mass is 309 g/mol. The first-order valence-corrected chi connectivity index (χ1v) is 7.42. The number of Topliss-reactive ketones (excluding diaryl/α,β-unsaturated/α-hetero) is 1. The second kappa shape index (κ2) is 5.98. The van der Waals surface area contributed by atoms with Gasteiger partial charge in [0.15, 0.2) is 5.78 Å². The van der Waals surface area contributed by atoms with E-state index in [-0.39, 0.29) is 5.78 Å². The molecular weight excluding hydrogens is 290 g/mol. The lowest BCUT2D eigenvalue weighted by molar-refractivity contribution is 0.0944. The number of benzene rings is 1. The van der Waals surface area contributed by atoms with Crippen LogP contribution in [0.15, 0.2) is 22.7 Å². The van der Waals surface area contributed by atoms with Gasteiger partial charge in [-0.1, -0.05) is 35.8 Å². The van der Waals surface area contributed by atoms with Crippen LogP contribution < -0.4 is 0 Å². The van der Waals surface area contributed by atoms with Crippen LogP contribution in [0.2, 0.25) is 0 Å². The van der Waals surface area contributed by atoms with Crippen molar-refractivity contribution >= 4 is 21.7 Å². The van der Waals surface area contributed by atoms with Crippen LogP contribution in [0, 0.1) is 0 Å². The van der Waals surface area contributed by atoms with Crippen molar-refractivity contribution in [3.63, 3.8) is 0 Å². The van der Waals surface area contributed by atoms with Crippen molar-refractivity contribution < 1.29 is 4.79 Å². The van der Waals surface area contributed by atoms with Crippen LogP contribution in [0.5, 0.6) is 0 Å². The minimum absolute atomic E-state index is 0.228. The van der Waals surface area contributed by atoms with E-state index in [2.05, 4.69) is 40.7 Å². The highest BCUT2D eigenvalue weighted by Gasteiger charge is 2.18. The van der Waals surface area contributed by atoms with Crippen molar-refractivity contribution in [3.8, 4) is 0 Å². The minimum atomic E-state index is 0.228. The average Bonchev–Trinajstić information content (AvgIpc) is 2.81. The zero-order valence-electron chi connectivity index (χ0n) is 11.1. The molecule has 1 saturated heterocycles. The molecule has 0 radical (unpaired) electrons. The molecule has 1 aliphatic heterocycles. The highest BCUT2D eigenvalue weighted by molar-refractivity contribution is 9.10. The van der Waals surface area contributed by atoms with Gasteiger partial charge in [0.25, 0.3) is 0 Å². The summed E-state index contributed by atoms with van der Waals surface area (Å²) in [7, 11) is 0. The first-order valence-electron chi connectivity index (χ1n) is 6.63. The van der Waals surface area contributed by atoms with E-state index >= 15 is 0 Å². The van der Waals surface area contributed by atoms with Gasteiger partial charge in [-0.25, -0.2) is 0 Å². The van der Waals surface area contributed by atoms with Crippen molar-refractivity contribution in [1.82, 2.24) is 4.90 Å². The van der Waals surface area contributed by atoms with E-state index in [1.807, 2.05) is 12.1 Å². The summed E-state index contributed by atoms with van der Waals surface area (Å²) in [5.74, 6) is 0.683. The van der Waals surface area contributed by atoms with Crippen LogP contribution in [0.1, 0.15) is 48.5 Å². The van der Waals surface area contributed by atoms with E-state index < -0.39 is 0 Å². The van der Waals surface area contributed by atoms with E-state index in [4.69, 9.17) is 0 Å². The van der Waals surface area contributed by atoms with Gasteiger partial charge in [0.1, 0.15) is 0 Å². The van der Waals surface area contributed by atoms with Gasteiger partial charge in [-0.2, -0.15) is 0 Å². The number of likely N-dealkylation sites (tertiary alicyclic amines) is 1. The van der Waals surface area contributed by atoms with E-state index in [1.165, 1.54) is 18.4 Å². The Labute approximate surface area is 117 Å². The number of hydrogen-bond acceptors (Lipinski definition) is 2. The second-order valence-corrected chi connectivity index (χ2v) is 6.15. The van der Waals surface area contributed by atoms with Crippen LogP contribution in [0.25, 0.3) is 0 Å². The average molecular weight is 310 g/mol. The van der Waals surface area contributed by atoms with Crippen LogP contribution >= 0.6 is 15.9 Å². The molecule has 1 fully saturated rings. The van der Waals surface area contributed by atoms with Crippen LogP contribution in [-0.4, -0.2) is 30.3 Å². The molecule has 1 aliphatic rings. The maximum atomic E-state index is 12.3. The molecular formula is C15H20BrNO. The number of halogens is 1. The lowest BCUT2D eigenvalue weighted by Gasteiger charge is -2.15. The fourth-order valence-corrected chi connectivity index (χ4v) is 2.81. The fourth-order valence-electron chi connectivity index (χ4n) is 2.34. The third kappa shape index (κ3) is 3.21. The predicted molar refractivity (Wildman–Crippen MR) is 78.2 cm³/mol. The zero-order chi connectivity index (χ0) is 13.1. The Morgan fingerprint density at radius 1 is 1.33 bits per heavy atom. The van der Waals surface area contributed by atoms with Crippen LogP contribution in [0.3, 0.4) is 0 Å². The van der Waals surface area contributed by atoms with Gasteiger partial charge >= 0.3 is 0 Å². The summed E-state index contributed by atoms with van der Waals surface area (Å²) < 4.78 is 0.913. The molecule has 0 bridgehead atoms. The van der Waals surface area contributed by atoms with Gasteiger partial charge in [0, 0.05) is 10.0 Å². The largest absolute Gasteiger partial charge is 0.296 e. The highest BCUT2D eigenvalue weighted by Crippen LogP contribution is 2.24. The van der Waals surface area contributed by atoms with E-state index in [1.54, 1.807) is 0 Å². The summed E-state index contributed by atoms with van der Waals surface area (Å²) in [5.41, 5.74) is 2.05. The Kier molecular flexibility index (Phi) is 4.57. The Hall–Kier alpha value is -0.670. The van der Waals surface area contributed by atoms with E-state index in [9.17, 15) is 4.79 Å². The number of carbonyl (C=O) groups is 1. The topological polar surface area (TPSA) is 20.3 Å². The quantitative estimate of drug-likeness (QED) is 0.787. The van der Waals surface area contributed by atoms with Crippen LogP contribution in [-0.2, 0) is 0 Å². The van der Waals surface area contributed by atoms with Crippen molar-refractivity contribution in [2.75, 3.05) is 19.6 Å². The molecule has 0 aliphatic carbocycles. The van der Waals surface area contributed by atoms with Crippen LogP contribution in [0.4, 0.5) is 0 Å². The molecule has 2 nitrogen and oxygen atoms in total. The third-order valence-electron chi connectivity index (χ3n) is 3.52. The Bertz CT molecular complexity index is 436. The molecule has 0 aromatic heterocycles. The maximum absolute atomic E-state index is 12.3. The van der Waals surface area contributed by atoms with Gasteiger partial charge in [0.2, 0.25) is 0 Å². The minimum Gasteiger partial charge on any atom is -0.296 e. The first kappa shape index (κ1) is 13.8. The van der Waals surface area contributed by atoms with Gasteiger partial charge in [-0.15, -0.1) is 0 Å². The van der Waals surface area contributed by atoms with Gasteiger partial charge in [-0.05, 0) is 49.5 Å². The smallest absolute Gasteiger partial charge is 0.177 e. The van der Waals surface area contributed by atoms with Gasteiger partial charge < -0.3 is 0 Å². The summed E-state index contributed by atoms with van der Waals surface area (Å²) in [6, 6.07) is 6.11. The van der Waals surface area contributed by atoms with E-state index in [0.717, 1.165) is 23.1 Å². The molecule has 98 valence electrons. The third-order valence-corrected chi connectivity index (χ3v) is 4.21. The molecule has 0 saturated carbocycles. The number of hydrogen-bond donors (Lipinski definition) is 0. The van der Waals surface area contributed by atoms with Gasteiger partial charge in [0.05, 0.1) is 6.54 Å². The molecule has 3 heteroatoms. The lowest BCUT2D eigenvalue weighted by Crippen LogP contribution is -2.27. The summed E-state index contributed by atoms with van der Waals surface area (Å²) in [6.45, 7) is 6.98. The SMILES string of the molecule is CC(C)c1ccc(Br)c(C(=O)CN2CCCC2)c1. The highest BCUT2D eigenvalue weighted by atomic mass is 79.9. The Morgan fingerprint density at radius 3 is 2.61 bits per heavy atom. The molecule has 1 aromatic carbocycles. The molecule has 0 spiro atoms. The normalized spacial score (nSPS) is 16.4. The summed E-state index contributed by atoms with van der Waals surface area (Å²) in [4.78, 5) is 14.6. The van der Waals surface area contributed by atoms with Crippen molar-refractivity contribution in [1.29, 1.82) is 0 Å². The Balaban J connectivity index is 2.15. The molecule has 2 rings (SSSR count). The number of rotatable bonds is 4. The van der Waals surface area contributed by atoms with Gasteiger partial charge in [-0.3, -0.25) is 9.69 Å². The zero-order valence-corrected chi connectivity index (χ0v) is 12.7. The van der Waals surface area contributed by atoms with Crippen molar-refractivity contribution in [3.05, 3.63) is 33.8 Å². The maximum Gasteiger partial charge on any atom is 0.177 e. The lowest BCUT2D eigenvalue weighted by atomic mass is 9.99. The van der Waals surface area contributed by atoms with Crippen molar-refractivity contribution in [2.45, 2.75) is 32.6 Å². The molecule has 0 amide bonds. The van der Waals surface area contributed by atoms with Crippen molar-refractivity contribution in [2.24, 2.45) is 0 Å². The Morgan fingerprint density at radius 2 is 2.00 bits per heavy atom. The number of nitrogens with zero attached hydrogens (tertiary/aromatic N) is 1. The van der Waals surface area contributed by atoms with E-state index in [0.29, 0.717) is 12.5 Å². The molecule has 1 aromatic rings. The molecule has 0 N–H and O–H groups in total. The summed E-state index contributed by atoms with van der Waals surface area (Å²) in [6.07, 6.45) is 2.45. The second-order valence-electron chi connectivity index (χ2n) is 5.30. The summed E-state index contributed by atoms with van der Waals surface area (Å²) in [5, 5.41) is 0. The fraction of sp³-hybridized carbons (Fsp3) is 0.533. The standard InChI is InChI=1S/C15H20BrNO/c1-11(2)12-5-6-14(16)13(9-12)15(18)10-17-7-3-4-8-17/h5-6,9,11H,3-4,7-8,10H2,1-2H3. The molecule has 0 atom stereocenters. The summed E-state index contributed by atoms with van der Waals surface area (Å²) >= 11 is 3.49. The number of ketones is 1. The molecule has 1 heterocycles. The molecule has 0 unspecified atom stereocenters. The predicted octanol–water partition coefficient (Wildman–Crippen LogP) is 3.85. The number of carbonyl (C=O) groups excluding carboxylic acids is 1. The first-order chi connectivity index (χ1) is 8.58. The molecule has 18 heavy (non-hydrogen) atoms.